The number of pyridine rings is 1. The van der Waals surface area contributed by atoms with Crippen LogP contribution in [0.1, 0.15) is 17.4 Å². The number of hydrogen-bond donors (Lipinski definition) is 0. The molecule has 27 heavy (non-hydrogen) atoms. The fourth-order valence-electron chi connectivity index (χ4n) is 3.39. The first kappa shape index (κ1) is 17.7. The van der Waals surface area contributed by atoms with Crippen molar-refractivity contribution >= 4 is 0 Å². The van der Waals surface area contributed by atoms with E-state index in [0.29, 0.717) is 6.61 Å². The fourth-order valence-corrected chi connectivity index (χ4v) is 3.39. The molecule has 3 heterocycles. The largest absolute Gasteiger partial charge is 0.497 e. The Morgan fingerprint density at radius 2 is 2.04 bits per heavy atom. The summed E-state index contributed by atoms with van der Waals surface area (Å²) in [4.78, 5) is 7.25. The van der Waals surface area contributed by atoms with E-state index >= 15 is 0 Å². The Bertz CT molecular complexity index is 891. The molecule has 6 nitrogen and oxygen atoms in total. The van der Waals surface area contributed by atoms with E-state index in [2.05, 4.69) is 16.2 Å². The molecule has 0 saturated carbocycles. The quantitative estimate of drug-likeness (QED) is 0.696. The molecule has 4 rings (SSSR count). The number of rotatable bonds is 5. The lowest BCUT2D eigenvalue weighted by Gasteiger charge is -2.32. The van der Waals surface area contributed by atoms with Crippen LogP contribution < -0.4 is 4.74 Å². The molecule has 0 bridgehead atoms. The lowest BCUT2D eigenvalue weighted by molar-refractivity contribution is -0.0349. The third kappa shape index (κ3) is 4.18. The molecule has 1 aliphatic heterocycles. The summed E-state index contributed by atoms with van der Waals surface area (Å²) < 4.78 is 13.1. The highest BCUT2D eigenvalue weighted by molar-refractivity contribution is 5.60. The topological polar surface area (TPSA) is 52.4 Å². The van der Waals surface area contributed by atoms with E-state index in [1.165, 1.54) is 5.56 Å². The first-order valence-electron chi connectivity index (χ1n) is 9.14. The predicted molar refractivity (Wildman–Crippen MR) is 103 cm³/mol. The Balaban J connectivity index is 1.48. The highest BCUT2D eigenvalue weighted by Crippen LogP contribution is 2.26. The molecule has 6 heteroatoms. The second-order valence-electron chi connectivity index (χ2n) is 6.79. The first-order chi connectivity index (χ1) is 13.2. The smallest absolute Gasteiger partial charge is 0.118 e. The van der Waals surface area contributed by atoms with Gasteiger partial charge in [-0.15, -0.1) is 0 Å². The second-order valence-corrected chi connectivity index (χ2v) is 6.79. The van der Waals surface area contributed by atoms with Crippen molar-refractivity contribution in [2.45, 2.75) is 12.6 Å². The Morgan fingerprint density at radius 3 is 2.78 bits per heavy atom. The zero-order chi connectivity index (χ0) is 18.6. The van der Waals surface area contributed by atoms with Crippen molar-refractivity contribution < 1.29 is 9.47 Å². The van der Waals surface area contributed by atoms with Crippen LogP contribution >= 0.6 is 0 Å². The van der Waals surface area contributed by atoms with Crippen LogP contribution in [0.25, 0.3) is 11.3 Å². The fraction of sp³-hybridized carbons (Fsp3) is 0.333. The molecule has 0 spiro atoms. The zero-order valence-corrected chi connectivity index (χ0v) is 15.7. The van der Waals surface area contributed by atoms with Crippen LogP contribution in [0.4, 0.5) is 0 Å². The van der Waals surface area contributed by atoms with Gasteiger partial charge in [-0.25, -0.2) is 0 Å². The summed E-state index contributed by atoms with van der Waals surface area (Å²) in [5.41, 5.74) is 4.21. The molecule has 1 fully saturated rings. The van der Waals surface area contributed by atoms with Gasteiger partial charge in [0.25, 0.3) is 0 Å². The third-order valence-electron chi connectivity index (χ3n) is 4.80. The monoisotopic (exact) mass is 364 g/mol. The molecular formula is C21H24N4O2. The van der Waals surface area contributed by atoms with Crippen molar-refractivity contribution in [1.82, 2.24) is 19.7 Å². The maximum Gasteiger partial charge on any atom is 0.118 e. The van der Waals surface area contributed by atoms with Gasteiger partial charge in [0.1, 0.15) is 11.9 Å². The van der Waals surface area contributed by atoms with Gasteiger partial charge in [0.2, 0.25) is 0 Å². The van der Waals surface area contributed by atoms with E-state index in [1.54, 1.807) is 7.11 Å². The number of hydrogen-bond acceptors (Lipinski definition) is 5. The van der Waals surface area contributed by atoms with Gasteiger partial charge in [-0.2, -0.15) is 5.10 Å². The molecule has 2 aromatic heterocycles. The van der Waals surface area contributed by atoms with Crippen LogP contribution in [0.3, 0.4) is 0 Å². The van der Waals surface area contributed by atoms with Crippen molar-refractivity contribution in [2.75, 3.05) is 26.8 Å². The van der Waals surface area contributed by atoms with E-state index in [9.17, 15) is 0 Å². The summed E-state index contributed by atoms with van der Waals surface area (Å²) in [5, 5.41) is 4.25. The minimum absolute atomic E-state index is 0.0198. The van der Waals surface area contributed by atoms with E-state index in [4.69, 9.17) is 14.5 Å². The highest BCUT2D eigenvalue weighted by Gasteiger charge is 2.23. The van der Waals surface area contributed by atoms with Gasteiger partial charge in [-0.05, 0) is 36.4 Å². The molecule has 1 aliphatic rings. The number of methoxy groups -OCH3 is 1. The third-order valence-corrected chi connectivity index (χ3v) is 4.80. The number of aromatic nitrogens is 3. The summed E-state index contributed by atoms with van der Waals surface area (Å²) >= 11 is 0. The second kappa shape index (κ2) is 7.90. The standard InChI is InChI=1S/C21H24N4O2/c1-24-13-16(12-22-24)14-25-10-11-27-21(15-25)20-5-3-4-19(23-20)17-6-8-18(26-2)9-7-17/h3-9,12-13,21H,10-11,14-15H2,1-2H3/t21-/m1/s1. The van der Waals surface area contributed by atoms with Crippen LogP contribution in [0.15, 0.2) is 54.9 Å². The minimum Gasteiger partial charge on any atom is -0.497 e. The first-order valence-corrected chi connectivity index (χ1v) is 9.14. The van der Waals surface area contributed by atoms with Crippen molar-refractivity contribution in [3.05, 3.63) is 66.1 Å². The number of ether oxygens (including phenoxy) is 2. The summed E-state index contributed by atoms with van der Waals surface area (Å²) in [5.74, 6) is 0.844. The van der Waals surface area contributed by atoms with Crippen LogP contribution in [0.5, 0.6) is 5.75 Å². The molecule has 0 radical (unpaired) electrons. The maximum absolute atomic E-state index is 6.02. The minimum atomic E-state index is -0.0198. The zero-order valence-electron chi connectivity index (χ0n) is 15.7. The van der Waals surface area contributed by atoms with Gasteiger partial charge >= 0.3 is 0 Å². The van der Waals surface area contributed by atoms with Crippen molar-refractivity contribution in [1.29, 1.82) is 0 Å². The van der Waals surface area contributed by atoms with Gasteiger partial charge in [0.15, 0.2) is 0 Å². The van der Waals surface area contributed by atoms with Crippen molar-refractivity contribution in [2.24, 2.45) is 7.05 Å². The Morgan fingerprint density at radius 1 is 1.19 bits per heavy atom. The maximum atomic E-state index is 6.02. The Labute approximate surface area is 159 Å². The molecule has 140 valence electrons. The molecule has 0 amide bonds. The number of benzene rings is 1. The van der Waals surface area contributed by atoms with Crippen LogP contribution in [0, 0.1) is 0 Å². The van der Waals surface area contributed by atoms with Gasteiger partial charge in [-0.3, -0.25) is 14.6 Å². The molecule has 1 atom stereocenters. The van der Waals surface area contributed by atoms with Gasteiger partial charge in [-0.1, -0.05) is 6.07 Å². The average Bonchev–Trinajstić information content (AvgIpc) is 3.13. The summed E-state index contributed by atoms with van der Waals surface area (Å²) in [6, 6.07) is 14.1. The lowest BCUT2D eigenvalue weighted by Crippen LogP contribution is -2.38. The van der Waals surface area contributed by atoms with Crippen LogP contribution in [0.2, 0.25) is 0 Å². The van der Waals surface area contributed by atoms with Crippen molar-refractivity contribution in [3.8, 4) is 17.0 Å². The van der Waals surface area contributed by atoms with Gasteiger partial charge in [0, 0.05) is 44.0 Å². The number of morpholine rings is 1. The molecule has 1 aromatic carbocycles. The average molecular weight is 364 g/mol. The van der Waals surface area contributed by atoms with E-state index in [0.717, 1.165) is 42.3 Å². The Hall–Kier alpha value is -2.70. The van der Waals surface area contributed by atoms with E-state index < -0.39 is 0 Å². The molecule has 0 N–H and O–H groups in total. The van der Waals surface area contributed by atoms with E-state index in [1.807, 2.05) is 60.4 Å². The molecule has 1 saturated heterocycles. The Kier molecular flexibility index (Phi) is 5.18. The van der Waals surface area contributed by atoms with Gasteiger partial charge < -0.3 is 9.47 Å². The lowest BCUT2D eigenvalue weighted by atomic mass is 10.1. The van der Waals surface area contributed by atoms with E-state index in [-0.39, 0.29) is 6.10 Å². The molecule has 0 unspecified atom stereocenters. The normalized spacial score (nSPS) is 17.8. The summed E-state index contributed by atoms with van der Waals surface area (Å²) in [6.45, 7) is 3.34. The van der Waals surface area contributed by atoms with Crippen LogP contribution in [-0.2, 0) is 18.3 Å². The van der Waals surface area contributed by atoms with Gasteiger partial charge in [0.05, 0.1) is 31.3 Å². The predicted octanol–water partition coefficient (Wildman–Crippen LogP) is 3.06. The van der Waals surface area contributed by atoms with Crippen LogP contribution in [-0.4, -0.2) is 46.5 Å². The molecule has 3 aromatic rings. The summed E-state index contributed by atoms with van der Waals surface area (Å²) in [6.07, 6.45) is 3.97. The van der Waals surface area contributed by atoms with Crippen molar-refractivity contribution in [3.63, 3.8) is 0 Å². The number of aryl methyl sites for hydroxylation is 1. The molecule has 0 aliphatic carbocycles. The summed E-state index contributed by atoms with van der Waals surface area (Å²) in [7, 11) is 3.62. The SMILES string of the molecule is COc1ccc(-c2cccc([C@H]3CN(Cc4cnn(C)c4)CCO3)n2)cc1. The highest BCUT2D eigenvalue weighted by atomic mass is 16.5. The molecular weight excluding hydrogens is 340 g/mol. The number of nitrogens with zero attached hydrogens (tertiary/aromatic N) is 4.